The zero-order valence-electron chi connectivity index (χ0n) is 8.02. The van der Waals surface area contributed by atoms with Crippen molar-refractivity contribution in [3.05, 3.63) is 23.4 Å². The van der Waals surface area contributed by atoms with Crippen molar-refractivity contribution >= 4 is 11.2 Å². The van der Waals surface area contributed by atoms with Gasteiger partial charge in [-0.05, 0) is 13.8 Å². The first-order chi connectivity index (χ1) is 6.70. The number of fused-ring (bicyclic) bond motifs is 1. The summed E-state index contributed by atoms with van der Waals surface area (Å²) in [5.41, 5.74) is 2.55. The molecular formula is C9H10N4O. The second-order valence-corrected chi connectivity index (χ2v) is 3.05. The van der Waals surface area contributed by atoms with Crippen LogP contribution in [0.15, 0.2) is 6.20 Å². The molecule has 2 heterocycles. The highest BCUT2D eigenvalue weighted by Crippen LogP contribution is 2.10. The zero-order valence-corrected chi connectivity index (χ0v) is 8.02. The third kappa shape index (κ3) is 1.42. The van der Waals surface area contributed by atoms with E-state index in [0.717, 1.165) is 5.69 Å². The summed E-state index contributed by atoms with van der Waals surface area (Å²) >= 11 is 0. The van der Waals surface area contributed by atoms with Crippen molar-refractivity contribution in [3.63, 3.8) is 0 Å². The molecule has 0 atom stereocenters. The highest BCUT2D eigenvalue weighted by molar-refractivity contribution is 5.71. The molecule has 5 heteroatoms. The van der Waals surface area contributed by atoms with E-state index in [1.54, 1.807) is 0 Å². The zero-order chi connectivity index (χ0) is 10.1. The van der Waals surface area contributed by atoms with Crippen LogP contribution in [0.3, 0.4) is 0 Å². The van der Waals surface area contributed by atoms with E-state index in [4.69, 9.17) is 5.11 Å². The number of aliphatic hydroxyl groups is 1. The lowest BCUT2D eigenvalue weighted by Gasteiger charge is -2.02. The Hall–Kier alpha value is -1.62. The molecule has 0 aromatic carbocycles. The lowest BCUT2D eigenvalue weighted by atomic mass is 10.3. The number of aryl methyl sites for hydroxylation is 2. The van der Waals surface area contributed by atoms with Crippen LogP contribution < -0.4 is 0 Å². The van der Waals surface area contributed by atoms with Gasteiger partial charge in [0, 0.05) is 0 Å². The van der Waals surface area contributed by atoms with E-state index in [1.165, 1.54) is 6.20 Å². The van der Waals surface area contributed by atoms with Crippen LogP contribution in [0.25, 0.3) is 11.2 Å². The molecule has 0 aliphatic rings. The van der Waals surface area contributed by atoms with E-state index in [-0.39, 0.29) is 6.61 Å². The number of aliphatic hydroxyl groups excluding tert-OH is 1. The molecule has 2 aromatic rings. The van der Waals surface area contributed by atoms with Gasteiger partial charge >= 0.3 is 0 Å². The molecule has 14 heavy (non-hydrogen) atoms. The minimum Gasteiger partial charge on any atom is -0.390 e. The largest absolute Gasteiger partial charge is 0.390 e. The Morgan fingerprint density at radius 2 is 2.00 bits per heavy atom. The summed E-state index contributed by atoms with van der Waals surface area (Å²) in [6.45, 7) is 3.55. The molecule has 2 aromatic heterocycles. The van der Waals surface area contributed by atoms with Gasteiger partial charge in [-0.15, -0.1) is 0 Å². The first kappa shape index (κ1) is 8.96. The summed E-state index contributed by atoms with van der Waals surface area (Å²) in [4.78, 5) is 16.6. The van der Waals surface area contributed by atoms with Crippen LogP contribution in [0.2, 0.25) is 0 Å². The lowest BCUT2D eigenvalue weighted by Crippen LogP contribution is -2.00. The lowest BCUT2D eigenvalue weighted by molar-refractivity contribution is 0.277. The number of rotatable bonds is 1. The van der Waals surface area contributed by atoms with E-state index < -0.39 is 0 Å². The summed E-state index contributed by atoms with van der Waals surface area (Å²) in [6.07, 6.45) is 1.52. The Kier molecular flexibility index (Phi) is 2.09. The molecule has 0 fully saturated rings. The predicted molar refractivity (Wildman–Crippen MR) is 50.5 cm³/mol. The molecule has 0 unspecified atom stereocenters. The van der Waals surface area contributed by atoms with Gasteiger partial charge < -0.3 is 5.11 Å². The summed E-state index contributed by atoms with van der Waals surface area (Å²) in [7, 11) is 0. The summed E-state index contributed by atoms with van der Waals surface area (Å²) < 4.78 is 0. The SMILES string of the molecule is Cc1nc(C)c2nc(CO)cnc2n1. The van der Waals surface area contributed by atoms with E-state index in [2.05, 4.69) is 19.9 Å². The van der Waals surface area contributed by atoms with Crippen LogP contribution in [0.5, 0.6) is 0 Å². The number of aromatic nitrogens is 4. The van der Waals surface area contributed by atoms with Gasteiger partial charge in [0.25, 0.3) is 0 Å². The van der Waals surface area contributed by atoms with Gasteiger partial charge in [-0.25, -0.2) is 19.9 Å². The van der Waals surface area contributed by atoms with E-state index in [0.29, 0.717) is 22.7 Å². The first-order valence-corrected chi connectivity index (χ1v) is 4.28. The first-order valence-electron chi connectivity index (χ1n) is 4.28. The number of nitrogens with zero attached hydrogens (tertiary/aromatic N) is 4. The third-order valence-corrected chi connectivity index (χ3v) is 1.90. The van der Waals surface area contributed by atoms with Gasteiger partial charge in [-0.1, -0.05) is 0 Å². The van der Waals surface area contributed by atoms with Gasteiger partial charge in [0.1, 0.15) is 11.3 Å². The Labute approximate surface area is 80.9 Å². The molecule has 5 nitrogen and oxygen atoms in total. The van der Waals surface area contributed by atoms with Crippen LogP contribution in [0.1, 0.15) is 17.2 Å². The van der Waals surface area contributed by atoms with Crippen molar-refractivity contribution in [2.24, 2.45) is 0 Å². The van der Waals surface area contributed by atoms with Crippen molar-refractivity contribution in [2.75, 3.05) is 0 Å². The highest BCUT2D eigenvalue weighted by atomic mass is 16.3. The molecule has 1 N–H and O–H groups in total. The van der Waals surface area contributed by atoms with Crippen LogP contribution in [-0.2, 0) is 6.61 Å². The maximum Gasteiger partial charge on any atom is 0.181 e. The van der Waals surface area contributed by atoms with Gasteiger partial charge in [-0.2, -0.15) is 0 Å². The quantitative estimate of drug-likeness (QED) is 0.710. The van der Waals surface area contributed by atoms with E-state index in [1.807, 2.05) is 13.8 Å². The van der Waals surface area contributed by atoms with Crippen molar-refractivity contribution in [2.45, 2.75) is 20.5 Å². The Morgan fingerprint density at radius 1 is 1.21 bits per heavy atom. The smallest absolute Gasteiger partial charge is 0.181 e. The third-order valence-electron chi connectivity index (χ3n) is 1.90. The fourth-order valence-electron chi connectivity index (χ4n) is 1.29. The topological polar surface area (TPSA) is 71.8 Å². The summed E-state index contributed by atoms with van der Waals surface area (Å²) in [6, 6.07) is 0. The number of hydrogen-bond donors (Lipinski definition) is 1. The predicted octanol–water partition coefficient (Wildman–Crippen LogP) is 0.529. The average molecular weight is 190 g/mol. The van der Waals surface area contributed by atoms with Crippen LogP contribution in [0.4, 0.5) is 0 Å². The molecule has 0 bridgehead atoms. The molecule has 0 saturated heterocycles. The molecule has 0 spiro atoms. The van der Waals surface area contributed by atoms with Gasteiger partial charge in [-0.3, -0.25) is 0 Å². The molecule has 0 aliphatic carbocycles. The Morgan fingerprint density at radius 3 is 2.71 bits per heavy atom. The Balaban J connectivity index is 2.75. The van der Waals surface area contributed by atoms with Crippen LogP contribution >= 0.6 is 0 Å². The standard InChI is InChI=1S/C9H10N4O/c1-5-8-9(12-6(2)11-5)10-3-7(4-14)13-8/h3,14H,4H2,1-2H3. The fraction of sp³-hybridized carbons (Fsp3) is 0.333. The van der Waals surface area contributed by atoms with Gasteiger partial charge in [0.05, 0.1) is 24.2 Å². The van der Waals surface area contributed by atoms with E-state index in [9.17, 15) is 0 Å². The van der Waals surface area contributed by atoms with Crippen molar-refractivity contribution < 1.29 is 5.11 Å². The Bertz CT molecular complexity index is 483. The van der Waals surface area contributed by atoms with Crippen molar-refractivity contribution in [1.82, 2.24) is 19.9 Å². The molecule has 0 saturated carbocycles. The van der Waals surface area contributed by atoms with Gasteiger partial charge in [0.15, 0.2) is 5.65 Å². The van der Waals surface area contributed by atoms with Crippen LogP contribution in [0, 0.1) is 13.8 Å². The minimum absolute atomic E-state index is 0.115. The monoisotopic (exact) mass is 190 g/mol. The van der Waals surface area contributed by atoms with Crippen molar-refractivity contribution in [3.8, 4) is 0 Å². The second-order valence-electron chi connectivity index (χ2n) is 3.05. The van der Waals surface area contributed by atoms with Crippen LogP contribution in [-0.4, -0.2) is 25.0 Å². The highest BCUT2D eigenvalue weighted by Gasteiger charge is 2.05. The molecular weight excluding hydrogens is 180 g/mol. The molecule has 0 radical (unpaired) electrons. The molecule has 0 amide bonds. The maximum absolute atomic E-state index is 8.90. The summed E-state index contributed by atoms with van der Waals surface area (Å²) in [5.74, 6) is 0.682. The van der Waals surface area contributed by atoms with Gasteiger partial charge in [0.2, 0.25) is 0 Å². The molecule has 72 valence electrons. The normalized spacial score (nSPS) is 10.8. The molecule has 2 rings (SSSR count). The number of hydrogen-bond acceptors (Lipinski definition) is 5. The minimum atomic E-state index is -0.115. The average Bonchev–Trinajstić information content (AvgIpc) is 2.17. The second kappa shape index (κ2) is 3.26. The van der Waals surface area contributed by atoms with E-state index >= 15 is 0 Å². The fourth-order valence-corrected chi connectivity index (χ4v) is 1.29. The molecule has 0 aliphatic heterocycles. The van der Waals surface area contributed by atoms with Crippen molar-refractivity contribution in [1.29, 1.82) is 0 Å². The maximum atomic E-state index is 8.90. The summed E-state index contributed by atoms with van der Waals surface area (Å²) in [5, 5.41) is 8.90.